The van der Waals surface area contributed by atoms with Crippen LogP contribution in [0, 0.1) is 11.8 Å². The largest absolute Gasteiger partial charge is 0.481 e. The molecule has 0 spiro atoms. The summed E-state index contributed by atoms with van der Waals surface area (Å²) in [7, 11) is 0. The fraction of sp³-hybridized carbons (Fsp3) is 0.700. The van der Waals surface area contributed by atoms with Gasteiger partial charge in [-0.2, -0.15) is 0 Å². The quantitative estimate of drug-likeness (QED) is 0.690. The molecule has 2 unspecified atom stereocenters. The van der Waals surface area contributed by atoms with Crippen LogP contribution in [-0.4, -0.2) is 34.3 Å². The van der Waals surface area contributed by atoms with E-state index in [1.807, 2.05) is 0 Å². The van der Waals surface area contributed by atoms with Gasteiger partial charge in [0.05, 0.1) is 0 Å². The summed E-state index contributed by atoms with van der Waals surface area (Å²) in [4.78, 5) is 34.6. The first-order chi connectivity index (χ1) is 6.95. The lowest BCUT2D eigenvalue weighted by Crippen LogP contribution is -2.32. The molecule has 2 amide bonds. The van der Waals surface area contributed by atoms with E-state index in [1.165, 1.54) is 4.90 Å². The summed E-state index contributed by atoms with van der Waals surface area (Å²) in [5, 5.41) is 8.43. The number of carboxylic acids is 1. The van der Waals surface area contributed by atoms with E-state index in [2.05, 4.69) is 0 Å². The van der Waals surface area contributed by atoms with Gasteiger partial charge in [0.25, 0.3) is 0 Å². The molecule has 2 atom stereocenters. The molecule has 1 heterocycles. The number of aliphatic carboxylic acids is 1. The molecule has 5 heteroatoms. The van der Waals surface area contributed by atoms with Gasteiger partial charge < -0.3 is 5.11 Å². The molecule has 0 saturated carbocycles. The lowest BCUT2D eigenvalue weighted by molar-refractivity contribution is -0.142. The van der Waals surface area contributed by atoms with Gasteiger partial charge in [0.15, 0.2) is 0 Å². The molecule has 1 aliphatic rings. The number of hydrogen-bond acceptors (Lipinski definition) is 3. The van der Waals surface area contributed by atoms with Crippen LogP contribution in [0.1, 0.15) is 26.7 Å². The van der Waals surface area contributed by atoms with E-state index >= 15 is 0 Å². The summed E-state index contributed by atoms with van der Waals surface area (Å²) in [6, 6.07) is 0. The highest BCUT2D eigenvalue weighted by Gasteiger charge is 2.41. The first-order valence-corrected chi connectivity index (χ1v) is 5.02. The van der Waals surface area contributed by atoms with Crippen molar-refractivity contribution in [3.63, 3.8) is 0 Å². The maximum Gasteiger partial charge on any atom is 0.303 e. The van der Waals surface area contributed by atoms with Gasteiger partial charge >= 0.3 is 5.97 Å². The third kappa shape index (κ3) is 2.34. The van der Waals surface area contributed by atoms with Crippen LogP contribution in [0.25, 0.3) is 0 Å². The first kappa shape index (κ1) is 11.7. The predicted octanol–water partition coefficient (Wildman–Crippen LogP) is 0.492. The summed E-state index contributed by atoms with van der Waals surface area (Å²) in [5.41, 5.74) is 0. The van der Waals surface area contributed by atoms with Crippen molar-refractivity contribution in [2.45, 2.75) is 26.7 Å². The van der Waals surface area contributed by atoms with Crippen molar-refractivity contribution >= 4 is 17.8 Å². The van der Waals surface area contributed by atoms with Crippen molar-refractivity contribution in [2.24, 2.45) is 11.8 Å². The smallest absolute Gasteiger partial charge is 0.303 e. The second-order valence-electron chi connectivity index (χ2n) is 3.90. The second-order valence-corrected chi connectivity index (χ2v) is 3.90. The molecule has 1 fully saturated rings. The average Bonchev–Trinajstić information content (AvgIpc) is 2.34. The van der Waals surface area contributed by atoms with Crippen molar-refractivity contribution in [3.05, 3.63) is 0 Å². The third-order valence-electron chi connectivity index (χ3n) is 2.83. The van der Waals surface area contributed by atoms with Gasteiger partial charge in [0.1, 0.15) is 0 Å². The zero-order valence-electron chi connectivity index (χ0n) is 8.90. The minimum Gasteiger partial charge on any atom is -0.481 e. The molecule has 84 valence electrons. The van der Waals surface area contributed by atoms with Gasteiger partial charge in [0, 0.05) is 24.8 Å². The number of imide groups is 1. The number of rotatable bonds is 4. The highest BCUT2D eigenvalue weighted by molar-refractivity contribution is 6.04. The molecule has 15 heavy (non-hydrogen) atoms. The summed E-state index contributed by atoms with van der Waals surface area (Å²) < 4.78 is 0. The standard InChI is InChI=1S/C10H15NO4/c1-6-7(2)10(15)11(9(6)14)5-3-4-8(12)13/h6-7H,3-5H2,1-2H3,(H,12,13). The van der Waals surface area contributed by atoms with Crippen LogP contribution in [0.4, 0.5) is 0 Å². The summed E-state index contributed by atoms with van der Waals surface area (Å²) in [6.07, 6.45) is 0.312. The molecule has 1 aliphatic heterocycles. The molecule has 1 rings (SSSR count). The van der Waals surface area contributed by atoms with Gasteiger partial charge in [-0.1, -0.05) is 13.8 Å². The molecule has 5 nitrogen and oxygen atoms in total. The Labute approximate surface area is 88.1 Å². The van der Waals surface area contributed by atoms with E-state index in [-0.39, 0.29) is 36.6 Å². The van der Waals surface area contributed by atoms with Crippen LogP contribution in [-0.2, 0) is 14.4 Å². The molecule has 0 aromatic carbocycles. The van der Waals surface area contributed by atoms with Gasteiger partial charge in [-0.3, -0.25) is 19.3 Å². The highest BCUT2D eigenvalue weighted by atomic mass is 16.4. The van der Waals surface area contributed by atoms with E-state index in [4.69, 9.17) is 5.11 Å². The Balaban J connectivity index is 2.52. The van der Waals surface area contributed by atoms with Crippen LogP contribution >= 0.6 is 0 Å². The summed E-state index contributed by atoms with van der Waals surface area (Å²) >= 11 is 0. The minimum absolute atomic E-state index is 0.0141. The minimum atomic E-state index is -0.907. The predicted molar refractivity (Wildman–Crippen MR) is 51.9 cm³/mol. The summed E-state index contributed by atoms with van der Waals surface area (Å²) in [5.74, 6) is -1.82. The van der Waals surface area contributed by atoms with Crippen molar-refractivity contribution in [1.29, 1.82) is 0 Å². The fourth-order valence-corrected chi connectivity index (χ4v) is 1.64. The van der Waals surface area contributed by atoms with E-state index in [0.29, 0.717) is 6.42 Å². The first-order valence-electron chi connectivity index (χ1n) is 5.02. The van der Waals surface area contributed by atoms with E-state index in [0.717, 1.165) is 0 Å². The van der Waals surface area contributed by atoms with Gasteiger partial charge in [0.2, 0.25) is 11.8 Å². The Hall–Kier alpha value is -1.39. The maximum absolute atomic E-state index is 11.6. The van der Waals surface area contributed by atoms with Crippen LogP contribution in [0.5, 0.6) is 0 Å². The van der Waals surface area contributed by atoms with Crippen molar-refractivity contribution in [2.75, 3.05) is 6.54 Å². The Kier molecular flexibility index (Phi) is 3.44. The Morgan fingerprint density at radius 1 is 1.27 bits per heavy atom. The lowest BCUT2D eigenvalue weighted by Gasteiger charge is -2.13. The average molecular weight is 213 g/mol. The second kappa shape index (κ2) is 4.42. The Morgan fingerprint density at radius 3 is 2.13 bits per heavy atom. The van der Waals surface area contributed by atoms with Crippen LogP contribution in [0.2, 0.25) is 0 Å². The number of hydrogen-bond donors (Lipinski definition) is 1. The van der Waals surface area contributed by atoms with Gasteiger partial charge in [-0.05, 0) is 6.42 Å². The molecule has 0 radical (unpaired) electrons. The normalized spacial score (nSPS) is 26.1. The van der Waals surface area contributed by atoms with E-state index in [1.54, 1.807) is 13.8 Å². The van der Waals surface area contributed by atoms with Crippen LogP contribution < -0.4 is 0 Å². The van der Waals surface area contributed by atoms with Gasteiger partial charge in [-0.15, -0.1) is 0 Å². The topological polar surface area (TPSA) is 74.7 Å². The number of amides is 2. The molecule has 0 bridgehead atoms. The van der Waals surface area contributed by atoms with Crippen LogP contribution in [0.15, 0.2) is 0 Å². The molecule has 0 aliphatic carbocycles. The third-order valence-corrected chi connectivity index (χ3v) is 2.83. The van der Waals surface area contributed by atoms with Gasteiger partial charge in [-0.25, -0.2) is 0 Å². The molecule has 1 saturated heterocycles. The molecule has 1 N–H and O–H groups in total. The summed E-state index contributed by atoms with van der Waals surface area (Å²) in [6.45, 7) is 3.67. The number of likely N-dealkylation sites (tertiary alicyclic amines) is 1. The maximum atomic E-state index is 11.6. The monoisotopic (exact) mass is 213 g/mol. The van der Waals surface area contributed by atoms with Crippen LogP contribution in [0.3, 0.4) is 0 Å². The number of nitrogens with zero attached hydrogens (tertiary/aromatic N) is 1. The number of carbonyl (C=O) groups is 3. The zero-order chi connectivity index (χ0) is 11.6. The van der Waals surface area contributed by atoms with E-state index in [9.17, 15) is 14.4 Å². The lowest BCUT2D eigenvalue weighted by atomic mass is 10.00. The molecular formula is C10H15NO4. The molecule has 0 aromatic rings. The Bertz CT molecular complexity index is 280. The van der Waals surface area contributed by atoms with Crippen molar-refractivity contribution in [1.82, 2.24) is 4.90 Å². The SMILES string of the molecule is CC1C(=O)N(CCCC(=O)O)C(=O)C1C. The Morgan fingerprint density at radius 2 is 1.73 bits per heavy atom. The zero-order valence-corrected chi connectivity index (χ0v) is 8.90. The number of carboxylic acid groups (broad SMARTS) is 1. The fourth-order valence-electron chi connectivity index (χ4n) is 1.64. The van der Waals surface area contributed by atoms with E-state index < -0.39 is 5.97 Å². The molecular weight excluding hydrogens is 198 g/mol. The van der Waals surface area contributed by atoms with Crippen molar-refractivity contribution in [3.8, 4) is 0 Å². The molecule has 0 aromatic heterocycles. The number of carbonyl (C=O) groups excluding carboxylic acids is 2. The van der Waals surface area contributed by atoms with Crippen molar-refractivity contribution < 1.29 is 19.5 Å². The highest BCUT2D eigenvalue weighted by Crippen LogP contribution is 2.25.